The number of hydrogen-bond acceptors (Lipinski definition) is 4. The molecule has 0 unspecified atom stereocenters. The van der Waals surface area contributed by atoms with Gasteiger partial charge in [0.05, 0.1) is 36.0 Å². The van der Waals surface area contributed by atoms with Crippen molar-refractivity contribution in [2.75, 3.05) is 26.3 Å². The molecule has 3 heterocycles. The van der Waals surface area contributed by atoms with Gasteiger partial charge in [-0.1, -0.05) is 24.3 Å². The van der Waals surface area contributed by atoms with E-state index >= 15 is 0 Å². The van der Waals surface area contributed by atoms with Gasteiger partial charge in [-0.05, 0) is 17.7 Å². The molecule has 0 spiro atoms. The van der Waals surface area contributed by atoms with Gasteiger partial charge in [0.15, 0.2) is 0 Å². The van der Waals surface area contributed by atoms with Crippen molar-refractivity contribution < 1.29 is 9.53 Å². The second-order valence-corrected chi connectivity index (χ2v) is 7.95. The van der Waals surface area contributed by atoms with Gasteiger partial charge in [0.1, 0.15) is 0 Å². The molecule has 2 N–H and O–H groups in total. The number of urea groups is 1. The fourth-order valence-corrected chi connectivity index (χ4v) is 4.68. The third kappa shape index (κ3) is 3.02. The Morgan fingerprint density at radius 2 is 2.07 bits per heavy atom. The molecule has 2 aliphatic rings. The van der Waals surface area contributed by atoms with E-state index in [1.54, 1.807) is 16.2 Å². The van der Waals surface area contributed by atoms with Crippen molar-refractivity contribution in [3.05, 3.63) is 52.4 Å². The normalized spacial score (nSPS) is 15.5. The van der Waals surface area contributed by atoms with Gasteiger partial charge in [-0.15, -0.1) is 11.3 Å². The lowest BCUT2D eigenvalue weighted by molar-refractivity contribution is 0.0531. The van der Waals surface area contributed by atoms with E-state index in [1.807, 2.05) is 0 Å². The number of carbonyl (C=O) groups is 1. The van der Waals surface area contributed by atoms with Crippen molar-refractivity contribution in [3.63, 3.8) is 0 Å². The second-order valence-electron chi connectivity index (χ2n) is 6.78. The Labute approximate surface area is 161 Å². The number of nitrogens with one attached hydrogen (secondary N) is 2. The van der Waals surface area contributed by atoms with Gasteiger partial charge in [0.25, 0.3) is 0 Å². The Kier molecular flexibility index (Phi) is 4.18. The average Bonchev–Trinajstić information content (AvgIpc) is 3.41. The first-order valence-corrected chi connectivity index (χ1v) is 9.96. The molecule has 1 fully saturated rings. The molecule has 0 bridgehead atoms. The van der Waals surface area contributed by atoms with Crippen molar-refractivity contribution >= 4 is 17.4 Å². The number of thiophene rings is 1. The highest BCUT2D eigenvalue weighted by atomic mass is 32.1. The summed E-state index contributed by atoms with van der Waals surface area (Å²) >= 11 is 1.69. The number of amides is 2. The summed E-state index contributed by atoms with van der Waals surface area (Å²) < 4.78 is 5.29. The van der Waals surface area contributed by atoms with Gasteiger partial charge in [0.2, 0.25) is 0 Å². The van der Waals surface area contributed by atoms with E-state index in [0.29, 0.717) is 32.8 Å². The maximum atomic E-state index is 12.2. The molecule has 0 atom stereocenters. The number of aromatic amines is 1. The minimum atomic E-state index is -0.0221. The van der Waals surface area contributed by atoms with Crippen LogP contribution in [0.5, 0.6) is 0 Å². The zero-order valence-electron chi connectivity index (χ0n) is 14.8. The van der Waals surface area contributed by atoms with Crippen molar-refractivity contribution in [1.29, 1.82) is 0 Å². The molecule has 1 saturated heterocycles. The lowest BCUT2D eigenvalue weighted by atomic mass is 10.1. The van der Waals surface area contributed by atoms with Crippen LogP contribution in [0.25, 0.3) is 21.8 Å². The predicted molar refractivity (Wildman–Crippen MR) is 105 cm³/mol. The number of ether oxygens (including phenoxy) is 1. The molecule has 27 heavy (non-hydrogen) atoms. The van der Waals surface area contributed by atoms with E-state index in [0.717, 1.165) is 27.6 Å². The van der Waals surface area contributed by atoms with Gasteiger partial charge in [-0.25, -0.2) is 4.79 Å². The minimum Gasteiger partial charge on any atom is -0.378 e. The topological polar surface area (TPSA) is 70.2 Å². The molecule has 2 aromatic heterocycles. The van der Waals surface area contributed by atoms with Gasteiger partial charge < -0.3 is 15.0 Å². The highest BCUT2D eigenvalue weighted by Gasteiger charge is 2.25. The fraction of sp³-hybridized carbons (Fsp3) is 0.300. The van der Waals surface area contributed by atoms with Crippen molar-refractivity contribution in [1.82, 2.24) is 20.4 Å². The monoisotopic (exact) mass is 380 g/mol. The maximum Gasteiger partial charge on any atom is 0.317 e. The number of morpholine rings is 1. The van der Waals surface area contributed by atoms with Crippen LogP contribution in [0, 0.1) is 0 Å². The number of H-pyrrole nitrogens is 1. The first-order chi connectivity index (χ1) is 13.3. The molecule has 7 heteroatoms. The number of rotatable bonds is 3. The zero-order valence-corrected chi connectivity index (χ0v) is 15.6. The summed E-state index contributed by atoms with van der Waals surface area (Å²) in [6, 6.07) is 12.6. The first kappa shape index (κ1) is 16.5. The number of carbonyl (C=O) groups excluding carboxylic acids is 1. The SMILES string of the molecule is O=C(NCc1ccc(-c2[nH]nc3c2Cc2ccccc2-3)s1)N1CCOCC1. The van der Waals surface area contributed by atoms with Crippen LogP contribution < -0.4 is 5.32 Å². The fourth-order valence-electron chi connectivity index (χ4n) is 3.71. The summed E-state index contributed by atoms with van der Waals surface area (Å²) in [5.41, 5.74) is 5.99. The Balaban J connectivity index is 1.29. The summed E-state index contributed by atoms with van der Waals surface area (Å²) in [5, 5.41) is 10.8. The molecule has 6 nitrogen and oxygen atoms in total. The Hall–Kier alpha value is -2.64. The van der Waals surface area contributed by atoms with E-state index < -0.39 is 0 Å². The highest BCUT2D eigenvalue weighted by molar-refractivity contribution is 7.15. The van der Waals surface area contributed by atoms with Crippen LogP contribution in [0.15, 0.2) is 36.4 Å². The lowest BCUT2D eigenvalue weighted by Gasteiger charge is -2.26. The smallest absolute Gasteiger partial charge is 0.317 e. The van der Waals surface area contributed by atoms with Gasteiger partial charge in [0, 0.05) is 35.5 Å². The Morgan fingerprint density at radius 1 is 1.22 bits per heavy atom. The molecule has 5 rings (SSSR count). The maximum absolute atomic E-state index is 12.2. The molecular formula is C20H20N4O2S. The van der Waals surface area contributed by atoms with E-state index in [4.69, 9.17) is 4.74 Å². The predicted octanol–water partition coefficient (Wildman–Crippen LogP) is 3.25. The summed E-state index contributed by atoms with van der Waals surface area (Å²) in [7, 11) is 0. The van der Waals surface area contributed by atoms with E-state index in [9.17, 15) is 4.79 Å². The number of nitrogens with zero attached hydrogens (tertiary/aromatic N) is 2. The quantitative estimate of drug-likeness (QED) is 0.573. The first-order valence-electron chi connectivity index (χ1n) is 9.15. The molecule has 1 aliphatic carbocycles. The molecule has 138 valence electrons. The largest absolute Gasteiger partial charge is 0.378 e. The van der Waals surface area contributed by atoms with E-state index in [1.165, 1.54) is 16.7 Å². The Bertz CT molecular complexity index is 988. The molecule has 3 aromatic rings. The van der Waals surface area contributed by atoms with Gasteiger partial charge in [-0.2, -0.15) is 5.10 Å². The van der Waals surface area contributed by atoms with Crippen LogP contribution in [0.3, 0.4) is 0 Å². The Morgan fingerprint density at radius 3 is 2.96 bits per heavy atom. The third-order valence-electron chi connectivity index (χ3n) is 5.13. The number of fused-ring (bicyclic) bond motifs is 3. The van der Waals surface area contributed by atoms with E-state index in [-0.39, 0.29) is 6.03 Å². The van der Waals surface area contributed by atoms with Gasteiger partial charge in [-0.3, -0.25) is 5.10 Å². The highest BCUT2D eigenvalue weighted by Crippen LogP contribution is 2.41. The third-order valence-corrected chi connectivity index (χ3v) is 6.23. The molecule has 2 amide bonds. The molecule has 0 radical (unpaired) electrons. The van der Waals surface area contributed by atoms with Crippen molar-refractivity contribution in [3.8, 4) is 21.8 Å². The average molecular weight is 380 g/mol. The lowest BCUT2D eigenvalue weighted by Crippen LogP contribution is -2.45. The standard InChI is InChI=1S/C20H20N4O2S/c25-20(24-7-9-26-10-8-24)21-12-14-5-6-17(27-14)19-16-11-13-3-1-2-4-15(13)18(16)22-23-19/h1-6H,7-12H2,(H,21,25)(H,22,23). The van der Waals surface area contributed by atoms with Crippen molar-refractivity contribution in [2.45, 2.75) is 13.0 Å². The molecule has 0 saturated carbocycles. The van der Waals surface area contributed by atoms with Crippen LogP contribution in [-0.2, 0) is 17.7 Å². The summed E-state index contributed by atoms with van der Waals surface area (Å²) in [5.74, 6) is 0. The van der Waals surface area contributed by atoms with Crippen LogP contribution in [0.2, 0.25) is 0 Å². The molecular weight excluding hydrogens is 360 g/mol. The van der Waals surface area contributed by atoms with Gasteiger partial charge >= 0.3 is 6.03 Å². The second kappa shape index (κ2) is 6.83. The van der Waals surface area contributed by atoms with Crippen molar-refractivity contribution in [2.24, 2.45) is 0 Å². The molecule has 1 aliphatic heterocycles. The minimum absolute atomic E-state index is 0.0221. The zero-order chi connectivity index (χ0) is 18.2. The van der Waals surface area contributed by atoms with Crippen LogP contribution in [-0.4, -0.2) is 47.4 Å². The molecule has 1 aromatic carbocycles. The van der Waals surface area contributed by atoms with E-state index in [2.05, 4.69) is 51.9 Å². The summed E-state index contributed by atoms with van der Waals surface area (Å²) in [4.78, 5) is 16.3. The number of hydrogen-bond donors (Lipinski definition) is 2. The van der Waals surface area contributed by atoms with Crippen LogP contribution in [0.1, 0.15) is 16.0 Å². The van der Waals surface area contributed by atoms with Crippen LogP contribution >= 0.6 is 11.3 Å². The summed E-state index contributed by atoms with van der Waals surface area (Å²) in [6.45, 7) is 3.08. The number of aromatic nitrogens is 2. The summed E-state index contributed by atoms with van der Waals surface area (Å²) in [6.07, 6.45) is 0.915. The number of benzene rings is 1. The van der Waals surface area contributed by atoms with Crippen LogP contribution in [0.4, 0.5) is 4.79 Å².